The van der Waals surface area contributed by atoms with E-state index >= 15 is 0 Å². The van der Waals surface area contributed by atoms with Crippen LogP contribution < -0.4 is 5.32 Å². The first-order valence-corrected chi connectivity index (χ1v) is 4.54. The molecule has 0 aliphatic carbocycles. The zero-order valence-corrected chi connectivity index (χ0v) is 8.73. The minimum absolute atomic E-state index is 0.0809. The predicted molar refractivity (Wildman–Crippen MR) is 51.7 cm³/mol. The van der Waals surface area contributed by atoms with Crippen molar-refractivity contribution in [1.82, 2.24) is 0 Å². The Morgan fingerprint density at radius 2 is 2.00 bits per heavy atom. The number of anilines is 1. The smallest absolute Gasteiger partial charge is 0.392 e. The normalized spacial score (nSPS) is 11.4. The molecule has 17 heavy (non-hydrogen) atoms. The number of carbonyl (C=O) groups is 1. The maximum atomic E-state index is 13.3. The Balaban J connectivity index is 3.14. The second kappa shape index (κ2) is 4.70. The van der Waals surface area contributed by atoms with Crippen molar-refractivity contribution in [2.24, 2.45) is 0 Å². The van der Waals surface area contributed by atoms with Crippen LogP contribution in [0.2, 0.25) is 0 Å². The third-order valence-corrected chi connectivity index (χ3v) is 2.15. The molecule has 0 saturated heterocycles. The maximum Gasteiger partial charge on any atom is 0.471 e. The summed E-state index contributed by atoms with van der Waals surface area (Å²) in [7, 11) is 0. The topological polar surface area (TPSA) is 49.3 Å². The van der Waals surface area contributed by atoms with Gasteiger partial charge in [-0.05, 0) is 18.6 Å². The lowest BCUT2D eigenvalue weighted by Crippen LogP contribution is -2.30. The Morgan fingerprint density at radius 1 is 1.41 bits per heavy atom. The second-order valence-corrected chi connectivity index (χ2v) is 3.33. The van der Waals surface area contributed by atoms with E-state index in [0.29, 0.717) is 5.56 Å². The highest BCUT2D eigenvalue weighted by Gasteiger charge is 2.39. The van der Waals surface area contributed by atoms with Crippen molar-refractivity contribution < 1.29 is 27.5 Å². The van der Waals surface area contributed by atoms with Gasteiger partial charge in [0.15, 0.2) is 0 Å². The van der Waals surface area contributed by atoms with E-state index in [2.05, 4.69) is 0 Å². The van der Waals surface area contributed by atoms with Gasteiger partial charge in [-0.3, -0.25) is 4.79 Å². The van der Waals surface area contributed by atoms with Gasteiger partial charge in [-0.2, -0.15) is 13.2 Å². The molecule has 0 bridgehead atoms. The van der Waals surface area contributed by atoms with E-state index < -0.39 is 30.2 Å². The standard InChI is InChI=1S/C10H9F4NO2/c1-5-2-3-7(11)8(6(5)4-16)15-9(17)10(12,13)14/h2-3,16H,4H2,1H3,(H,15,17). The van der Waals surface area contributed by atoms with Crippen LogP contribution in [0.15, 0.2) is 12.1 Å². The highest BCUT2D eigenvalue weighted by Crippen LogP contribution is 2.26. The molecule has 1 rings (SSSR count). The molecule has 0 radical (unpaired) electrons. The number of aliphatic hydroxyl groups excluding tert-OH is 1. The summed E-state index contributed by atoms with van der Waals surface area (Å²) < 4.78 is 49.3. The number of aryl methyl sites for hydroxylation is 1. The van der Waals surface area contributed by atoms with Crippen molar-refractivity contribution in [2.75, 3.05) is 5.32 Å². The molecule has 0 aromatic heterocycles. The molecular formula is C10H9F4NO2. The number of hydrogen-bond acceptors (Lipinski definition) is 2. The number of alkyl halides is 3. The first-order chi connectivity index (χ1) is 7.77. The van der Waals surface area contributed by atoms with Gasteiger partial charge in [0.25, 0.3) is 0 Å². The highest BCUT2D eigenvalue weighted by molar-refractivity contribution is 5.95. The van der Waals surface area contributed by atoms with Crippen LogP contribution >= 0.6 is 0 Å². The Labute approximate surface area is 94.1 Å². The maximum absolute atomic E-state index is 13.3. The monoisotopic (exact) mass is 251 g/mol. The van der Waals surface area contributed by atoms with Gasteiger partial charge >= 0.3 is 12.1 Å². The van der Waals surface area contributed by atoms with Crippen molar-refractivity contribution >= 4 is 11.6 Å². The number of nitrogens with one attached hydrogen (secondary N) is 1. The Morgan fingerprint density at radius 3 is 2.47 bits per heavy atom. The van der Waals surface area contributed by atoms with E-state index in [1.807, 2.05) is 0 Å². The SMILES string of the molecule is Cc1ccc(F)c(NC(=O)C(F)(F)F)c1CO. The number of benzene rings is 1. The number of rotatable bonds is 2. The summed E-state index contributed by atoms with van der Waals surface area (Å²) in [5.41, 5.74) is -0.344. The van der Waals surface area contributed by atoms with Crippen LogP contribution in [0, 0.1) is 12.7 Å². The summed E-state index contributed by atoms with van der Waals surface area (Å²) in [6.45, 7) is 0.811. The molecule has 1 aromatic carbocycles. The van der Waals surface area contributed by atoms with E-state index in [9.17, 15) is 22.4 Å². The van der Waals surface area contributed by atoms with Crippen LogP contribution in [0.5, 0.6) is 0 Å². The van der Waals surface area contributed by atoms with E-state index in [1.54, 1.807) is 0 Å². The van der Waals surface area contributed by atoms with Gasteiger partial charge in [-0.1, -0.05) is 6.07 Å². The molecule has 0 saturated carbocycles. The summed E-state index contributed by atoms with van der Waals surface area (Å²) in [4.78, 5) is 10.7. The van der Waals surface area contributed by atoms with Gasteiger partial charge in [0.1, 0.15) is 5.82 Å². The van der Waals surface area contributed by atoms with Crippen molar-refractivity contribution in [3.8, 4) is 0 Å². The number of halogens is 4. The molecule has 0 aliphatic heterocycles. The second-order valence-electron chi connectivity index (χ2n) is 3.33. The van der Waals surface area contributed by atoms with Crippen molar-refractivity contribution in [3.05, 3.63) is 29.1 Å². The average Bonchev–Trinajstić information content (AvgIpc) is 2.22. The van der Waals surface area contributed by atoms with E-state index in [4.69, 9.17) is 5.11 Å². The summed E-state index contributed by atoms with van der Waals surface area (Å²) in [6, 6.07) is 2.21. The number of hydrogen-bond donors (Lipinski definition) is 2. The van der Waals surface area contributed by atoms with Gasteiger partial charge in [0.2, 0.25) is 0 Å². The molecule has 94 valence electrons. The fraction of sp³-hybridized carbons (Fsp3) is 0.300. The molecular weight excluding hydrogens is 242 g/mol. The number of amides is 1. The van der Waals surface area contributed by atoms with Gasteiger partial charge in [0.05, 0.1) is 12.3 Å². The molecule has 3 nitrogen and oxygen atoms in total. The van der Waals surface area contributed by atoms with Crippen LogP contribution in [0.4, 0.5) is 23.2 Å². The third-order valence-electron chi connectivity index (χ3n) is 2.15. The summed E-state index contributed by atoms with van der Waals surface area (Å²) in [5, 5.41) is 10.4. The number of carbonyl (C=O) groups excluding carboxylic acids is 1. The van der Waals surface area contributed by atoms with Crippen molar-refractivity contribution in [3.63, 3.8) is 0 Å². The van der Waals surface area contributed by atoms with Gasteiger partial charge in [-0.15, -0.1) is 0 Å². The lowest BCUT2D eigenvalue weighted by molar-refractivity contribution is -0.167. The fourth-order valence-corrected chi connectivity index (χ4v) is 1.25. The van der Waals surface area contributed by atoms with Crippen molar-refractivity contribution in [2.45, 2.75) is 19.7 Å². The lowest BCUT2D eigenvalue weighted by atomic mass is 10.1. The summed E-state index contributed by atoms with van der Waals surface area (Å²) in [5.74, 6) is -3.31. The van der Waals surface area contributed by atoms with Gasteiger partial charge in [0, 0.05) is 5.56 Å². The zero-order valence-electron chi connectivity index (χ0n) is 8.73. The fourth-order valence-electron chi connectivity index (χ4n) is 1.25. The molecule has 0 atom stereocenters. The molecule has 0 unspecified atom stereocenters. The first kappa shape index (κ1) is 13.4. The third kappa shape index (κ3) is 2.94. The zero-order chi connectivity index (χ0) is 13.2. The van der Waals surface area contributed by atoms with Gasteiger partial charge < -0.3 is 10.4 Å². The summed E-state index contributed by atoms with van der Waals surface area (Å²) >= 11 is 0. The molecule has 1 aromatic rings. The number of aliphatic hydroxyl groups is 1. The quantitative estimate of drug-likeness (QED) is 0.791. The Hall–Kier alpha value is -1.63. The van der Waals surface area contributed by atoms with Crippen LogP contribution in [0.1, 0.15) is 11.1 Å². The van der Waals surface area contributed by atoms with Gasteiger partial charge in [-0.25, -0.2) is 4.39 Å². The van der Waals surface area contributed by atoms with E-state index in [-0.39, 0.29) is 5.56 Å². The average molecular weight is 251 g/mol. The van der Waals surface area contributed by atoms with Crippen LogP contribution in [-0.2, 0) is 11.4 Å². The Kier molecular flexibility index (Phi) is 3.72. The Bertz CT molecular complexity index is 443. The van der Waals surface area contributed by atoms with Crippen LogP contribution in [-0.4, -0.2) is 17.2 Å². The molecule has 0 fully saturated rings. The highest BCUT2D eigenvalue weighted by atomic mass is 19.4. The molecule has 0 heterocycles. The lowest BCUT2D eigenvalue weighted by Gasteiger charge is -2.14. The van der Waals surface area contributed by atoms with Crippen LogP contribution in [0.25, 0.3) is 0 Å². The van der Waals surface area contributed by atoms with Crippen LogP contribution in [0.3, 0.4) is 0 Å². The molecule has 0 spiro atoms. The van der Waals surface area contributed by atoms with Crippen molar-refractivity contribution in [1.29, 1.82) is 0 Å². The summed E-state index contributed by atoms with van der Waals surface area (Å²) in [6.07, 6.45) is -5.11. The predicted octanol–water partition coefficient (Wildman–Crippen LogP) is 2.13. The molecule has 1 amide bonds. The molecule has 0 aliphatic rings. The largest absolute Gasteiger partial charge is 0.471 e. The molecule has 7 heteroatoms. The minimum Gasteiger partial charge on any atom is -0.392 e. The first-order valence-electron chi connectivity index (χ1n) is 4.54. The van der Waals surface area contributed by atoms with E-state index in [0.717, 1.165) is 6.07 Å². The molecule has 2 N–H and O–H groups in total. The van der Waals surface area contributed by atoms with E-state index in [1.165, 1.54) is 18.3 Å². The minimum atomic E-state index is -5.11.